The normalized spacial score (nSPS) is 27.6. The number of hydrogen-bond acceptors (Lipinski definition) is 3. The fourth-order valence-corrected chi connectivity index (χ4v) is 8.47. The summed E-state index contributed by atoms with van der Waals surface area (Å²) < 4.78 is 26.6. The lowest BCUT2D eigenvalue weighted by Crippen LogP contribution is -2.48. The SMILES string of the molecule is C[C@@H](NC(=O)CN(c1ccc(C23CC4CC(CC(C4)C2)C3)cc1)S(C)(=O)=O)c1ccc(C(C)(C)C)cc1. The molecule has 0 spiro atoms. The highest BCUT2D eigenvalue weighted by molar-refractivity contribution is 7.92. The first-order chi connectivity index (χ1) is 17.3. The molecule has 0 saturated heterocycles. The van der Waals surface area contributed by atoms with E-state index in [1.165, 1.54) is 60.2 Å². The molecule has 0 aliphatic heterocycles. The van der Waals surface area contributed by atoms with Gasteiger partial charge in [-0.05, 0) is 103 Å². The molecule has 4 aliphatic rings. The maximum Gasteiger partial charge on any atom is 0.241 e. The summed E-state index contributed by atoms with van der Waals surface area (Å²) in [5, 5.41) is 2.98. The molecule has 4 bridgehead atoms. The first kappa shape index (κ1) is 26.3. The number of benzene rings is 2. The van der Waals surface area contributed by atoms with E-state index in [9.17, 15) is 13.2 Å². The Morgan fingerprint density at radius 1 is 0.946 bits per heavy atom. The fourth-order valence-electron chi connectivity index (χ4n) is 7.62. The molecule has 0 unspecified atom stereocenters. The number of sulfonamides is 1. The van der Waals surface area contributed by atoms with Gasteiger partial charge in [0, 0.05) is 0 Å². The lowest BCUT2D eigenvalue weighted by Gasteiger charge is -2.57. The van der Waals surface area contributed by atoms with E-state index in [2.05, 4.69) is 50.4 Å². The molecule has 1 N–H and O–H groups in total. The topological polar surface area (TPSA) is 66.5 Å². The van der Waals surface area contributed by atoms with Crippen molar-refractivity contribution < 1.29 is 13.2 Å². The highest BCUT2D eigenvalue weighted by Crippen LogP contribution is 2.60. The first-order valence-electron chi connectivity index (χ1n) is 13.8. The van der Waals surface area contributed by atoms with Crippen molar-refractivity contribution in [3.63, 3.8) is 0 Å². The summed E-state index contributed by atoms with van der Waals surface area (Å²) in [5.74, 6) is 2.25. The highest BCUT2D eigenvalue weighted by atomic mass is 32.2. The summed E-state index contributed by atoms with van der Waals surface area (Å²) in [4.78, 5) is 13.0. The van der Waals surface area contributed by atoms with Gasteiger partial charge < -0.3 is 5.32 Å². The van der Waals surface area contributed by atoms with Crippen LogP contribution in [-0.4, -0.2) is 27.1 Å². The molecule has 0 heterocycles. The van der Waals surface area contributed by atoms with Gasteiger partial charge >= 0.3 is 0 Å². The Morgan fingerprint density at radius 2 is 1.46 bits per heavy atom. The number of anilines is 1. The van der Waals surface area contributed by atoms with Crippen molar-refractivity contribution in [2.75, 3.05) is 17.1 Å². The van der Waals surface area contributed by atoms with Gasteiger partial charge in [0.05, 0.1) is 18.0 Å². The fraction of sp³-hybridized carbons (Fsp3) is 0.581. The number of amides is 1. The van der Waals surface area contributed by atoms with Crippen LogP contribution in [0.2, 0.25) is 0 Å². The second kappa shape index (κ2) is 9.44. The third-order valence-electron chi connectivity index (χ3n) is 9.15. The van der Waals surface area contributed by atoms with Crippen LogP contribution in [0.15, 0.2) is 48.5 Å². The number of hydrogen-bond donors (Lipinski definition) is 1. The van der Waals surface area contributed by atoms with Crippen molar-refractivity contribution in [3.8, 4) is 0 Å². The van der Waals surface area contributed by atoms with Crippen molar-refractivity contribution >= 4 is 21.6 Å². The summed E-state index contributed by atoms with van der Waals surface area (Å²) in [5.41, 5.74) is 4.45. The van der Waals surface area contributed by atoms with Gasteiger partial charge in [-0.3, -0.25) is 9.10 Å². The number of nitrogens with one attached hydrogen (secondary N) is 1. The molecule has 4 saturated carbocycles. The molecule has 6 heteroatoms. The van der Waals surface area contributed by atoms with E-state index in [-0.39, 0.29) is 29.3 Å². The molecule has 6 rings (SSSR count). The van der Waals surface area contributed by atoms with Crippen LogP contribution < -0.4 is 9.62 Å². The lowest BCUT2D eigenvalue weighted by atomic mass is 9.48. The maximum atomic E-state index is 13.0. The van der Waals surface area contributed by atoms with Gasteiger partial charge in [0.2, 0.25) is 15.9 Å². The lowest BCUT2D eigenvalue weighted by molar-refractivity contribution is -0.120. The van der Waals surface area contributed by atoms with Gasteiger partial charge in [-0.15, -0.1) is 0 Å². The molecule has 2 aromatic carbocycles. The quantitative estimate of drug-likeness (QED) is 0.478. The molecule has 1 atom stereocenters. The third-order valence-corrected chi connectivity index (χ3v) is 10.3. The maximum absolute atomic E-state index is 13.0. The van der Waals surface area contributed by atoms with Gasteiger partial charge in [0.25, 0.3) is 0 Å². The van der Waals surface area contributed by atoms with Crippen molar-refractivity contribution in [2.45, 2.75) is 83.1 Å². The van der Waals surface area contributed by atoms with E-state index in [4.69, 9.17) is 0 Å². The van der Waals surface area contributed by atoms with Crippen LogP contribution >= 0.6 is 0 Å². The zero-order valence-electron chi connectivity index (χ0n) is 23.0. The number of carbonyl (C=O) groups is 1. The van der Waals surface area contributed by atoms with Crippen LogP contribution in [0, 0.1) is 17.8 Å². The summed E-state index contributed by atoms with van der Waals surface area (Å²) >= 11 is 0. The van der Waals surface area contributed by atoms with Crippen LogP contribution in [0.4, 0.5) is 5.69 Å². The minimum Gasteiger partial charge on any atom is -0.348 e. The summed E-state index contributed by atoms with van der Waals surface area (Å²) in [6.07, 6.45) is 9.16. The molecule has 0 radical (unpaired) electrons. The van der Waals surface area contributed by atoms with E-state index in [0.29, 0.717) is 5.69 Å². The largest absolute Gasteiger partial charge is 0.348 e. The predicted octanol–water partition coefficient (Wildman–Crippen LogP) is 6.10. The van der Waals surface area contributed by atoms with Gasteiger partial charge in [-0.25, -0.2) is 8.42 Å². The zero-order chi connectivity index (χ0) is 26.6. The molecule has 200 valence electrons. The highest BCUT2D eigenvalue weighted by Gasteiger charge is 2.51. The first-order valence-corrected chi connectivity index (χ1v) is 15.7. The smallest absolute Gasteiger partial charge is 0.241 e. The molecule has 1 amide bonds. The average molecular weight is 523 g/mol. The van der Waals surface area contributed by atoms with Crippen molar-refractivity contribution in [1.29, 1.82) is 0 Å². The predicted molar refractivity (Wildman–Crippen MR) is 150 cm³/mol. The second-order valence-corrected chi connectivity index (χ2v) is 15.1. The zero-order valence-corrected chi connectivity index (χ0v) is 23.8. The van der Waals surface area contributed by atoms with E-state index in [1.807, 2.05) is 31.2 Å². The molecule has 37 heavy (non-hydrogen) atoms. The summed E-state index contributed by atoms with van der Waals surface area (Å²) in [6.45, 7) is 8.20. The standard InChI is InChI=1S/C31H42N2O3S/c1-21(25-6-8-26(9-7-25)30(2,3)4)32-29(34)20-33(37(5,35)36)28-12-10-27(11-13-28)31-17-22-14-23(18-31)16-24(15-22)19-31/h6-13,21-24H,14-20H2,1-5H3,(H,32,34)/t21-,22?,23?,24?,31?/m1/s1. The van der Waals surface area contributed by atoms with Crippen molar-refractivity contribution in [3.05, 3.63) is 65.2 Å². The van der Waals surface area contributed by atoms with Crippen molar-refractivity contribution in [1.82, 2.24) is 5.32 Å². The summed E-state index contributed by atoms with van der Waals surface area (Å²) in [7, 11) is -3.62. The van der Waals surface area contributed by atoms with Gasteiger partial charge in [-0.2, -0.15) is 0 Å². The van der Waals surface area contributed by atoms with Crippen LogP contribution in [0.3, 0.4) is 0 Å². The minimum absolute atomic E-state index is 0.0617. The molecule has 0 aromatic heterocycles. The number of carbonyl (C=O) groups excluding carboxylic acids is 1. The molecule has 2 aromatic rings. The molecule has 4 fully saturated rings. The Hall–Kier alpha value is -2.34. The minimum atomic E-state index is -3.62. The van der Waals surface area contributed by atoms with Crippen molar-refractivity contribution in [2.24, 2.45) is 17.8 Å². The third kappa shape index (κ3) is 5.45. The number of nitrogens with zero attached hydrogens (tertiary/aromatic N) is 1. The Morgan fingerprint density at radius 3 is 1.92 bits per heavy atom. The van der Waals surface area contributed by atoms with E-state index in [0.717, 1.165) is 23.3 Å². The van der Waals surface area contributed by atoms with Gasteiger partial charge in [0.15, 0.2) is 0 Å². The second-order valence-electron chi connectivity index (χ2n) is 13.2. The Balaban J connectivity index is 1.28. The number of rotatable bonds is 7. The molecular weight excluding hydrogens is 480 g/mol. The van der Waals surface area contributed by atoms with Crippen LogP contribution in [0.25, 0.3) is 0 Å². The van der Waals surface area contributed by atoms with E-state index < -0.39 is 10.0 Å². The van der Waals surface area contributed by atoms with Crippen LogP contribution in [0.5, 0.6) is 0 Å². The monoisotopic (exact) mass is 522 g/mol. The Kier molecular flexibility index (Phi) is 6.71. The van der Waals surface area contributed by atoms with Crippen LogP contribution in [-0.2, 0) is 25.6 Å². The van der Waals surface area contributed by atoms with E-state index >= 15 is 0 Å². The molecule has 5 nitrogen and oxygen atoms in total. The average Bonchev–Trinajstić information content (AvgIpc) is 2.80. The van der Waals surface area contributed by atoms with Crippen LogP contribution in [0.1, 0.15) is 89.0 Å². The summed E-state index contributed by atoms with van der Waals surface area (Å²) in [6, 6.07) is 16.1. The van der Waals surface area contributed by atoms with Gasteiger partial charge in [0.1, 0.15) is 6.54 Å². The molecule has 4 aliphatic carbocycles. The Labute approximate surface area is 223 Å². The Bertz CT molecular complexity index is 1210. The van der Waals surface area contributed by atoms with E-state index in [1.54, 1.807) is 0 Å². The van der Waals surface area contributed by atoms with Gasteiger partial charge in [-0.1, -0.05) is 57.2 Å². The molecular formula is C31H42N2O3S.